The molecule has 0 atom stereocenters. The van der Waals surface area contributed by atoms with Crippen LogP contribution in [0, 0.1) is 5.82 Å². The van der Waals surface area contributed by atoms with Crippen LogP contribution in [-0.4, -0.2) is 21.0 Å². The predicted octanol–water partition coefficient (Wildman–Crippen LogP) is 5.80. The van der Waals surface area contributed by atoms with Crippen molar-refractivity contribution in [3.63, 3.8) is 0 Å². The van der Waals surface area contributed by atoms with E-state index >= 15 is 0 Å². The number of hydrogen-bond donors (Lipinski definition) is 0. The zero-order valence-electron chi connectivity index (χ0n) is 17.1. The van der Waals surface area contributed by atoms with Crippen molar-refractivity contribution in [2.45, 2.75) is 13.1 Å². The number of carbonyl (C=O) groups is 2. The van der Waals surface area contributed by atoms with Crippen LogP contribution >= 0.6 is 35.6 Å². The Morgan fingerprint density at radius 3 is 2.30 bits per heavy atom. The van der Waals surface area contributed by atoms with E-state index in [4.69, 9.17) is 23.8 Å². The number of para-hydroxylation sites is 1. The van der Waals surface area contributed by atoms with Crippen molar-refractivity contribution in [2.24, 2.45) is 0 Å². The highest BCUT2D eigenvalue weighted by molar-refractivity contribution is 8.26. The molecule has 0 aliphatic carbocycles. The smallest absolute Gasteiger partial charge is 0.267 e. The van der Waals surface area contributed by atoms with Crippen molar-refractivity contribution in [3.8, 4) is 0 Å². The minimum Gasteiger partial charge on any atom is -0.303 e. The van der Waals surface area contributed by atoms with E-state index in [0.717, 1.165) is 28.6 Å². The molecule has 2 aliphatic heterocycles. The third-order valence-corrected chi connectivity index (χ3v) is 7.36. The van der Waals surface area contributed by atoms with Crippen molar-refractivity contribution >= 4 is 63.0 Å². The van der Waals surface area contributed by atoms with Crippen LogP contribution in [0.2, 0.25) is 5.02 Å². The van der Waals surface area contributed by atoms with E-state index < -0.39 is 0 Å². The van der Waals surface area contributed by atoms with Crippen LogP contribution in [0.25, 0.3) is 5.57 Å². The highest BCUT2D eigenvalue weighted by Crippen LogP contribution is 2.45. The van der Waals surface area contributed by atoms with Gasteiger partial charge in [0.25, 0.3) is 11.8 Å². The molecule has 0 unspecified atom stereocenters. The lowest BCUT2D eigenvalue weighted by Gasteiger charge is -2.18. The number of amides is 2. The molecule has 4 nitrogen and oxygen atoms in total. The van der Waals surface area contributed by atoms with Gasteiger partial charge in [-0.05, 0) is 35.4 Å². The Kier molecular flexibility index (Phi) is 5.78. The molecule has 33 heavy (non-hydrogen) atoms. The summed E-state index contributed by atoms with van der Waals surface area (Å²) in [6.07, 6.45) is 0. The maximum absolute atomic E-state index is 13.6. The molecule has 1 fully saturated rings. The van der Waals surface area contributed by atoms with Gasteiger partial charge in [-0.15, -0.1) is 0 Å². The average molecular weight is 495 g/mol. The normalized spacial score (nSPS) is 17.8. The molecule has 3 aromatic rings. The minimum atomic E-state index is -0.349. The topological polar surface area (TPSA) is 40.6 Å². The summed E-state index contributed by atoms with van der Waals surface area (Å²) in [5.74, 6) is -0.941. The van der Waals surface area contributed by atoms with Gasteiger partial charge < -0.3 is 4.90 Å². The molecule has 2 heterocycles. The van der Waals surface area contributed by atoms with Crippen molar-refractivity contribution in [1.29, 1.82) is 0 Å². The van der Waals surface area contributed by atoms with E-state index in [1.165, 1.54) is 17.0 Å². The average Bonchev–Trinajstić information content (AvgIpc) is 3.24. The highest BCUT2D eigenvalue weighted by Gasteiger charge is 2.42. The molecule has 0 saturated carbocycles. The molecule has 0 spiro atoms. The van der Waals surface area contributed by atoms with E-state index in [9.17, 15) is 14.0 Å². The first kappa shape index (κ1) is 21.8. The summed E-state index contributed by atoms with van der Waals surface area (Å²) in [5, 5.41) is 0.571. The van der Waals surface area contributed by atoms with Gasteiger partial charge >= 0.3 is 0 Å². The summed E-state index contributed by atoms with van der Waals surface area (Å²) < 4.78 is 13.6. The van der Waals surface area contributed by atoms with E-state index in [-0.39, 0.29) is 30.7 Å². The zero-order chi connectivity index (χ0) is 23.1. The standard InChI is InChI=1S/C25H16ClFN2O2S2/c26-19-7-3-1-5-16(19)14-28-20-8-4-2-6-18(20)21(23(28)30)22-24(31)29(25(32)33-22)13-15-9-11-17(27)12-10-15/h1-12H,13-14H2/b22-21-. The Morgan fingerprint density at radius 1 is 0.848 bits per heavy atom. The van der Waals surface area contributed by atoms with Gasteiger partial charge in [-0.1, -0.05) is 84.1 Å². The fourth-order valence-corrected chi connectivity index (χ4v) is 5.43. The number of nitrogens with zero attached hydrogens (tertiary/aromatic N) is 2. The Morgan fingerprint density at radius 2 is 1.55 bits per heavy atom. The van der Waals surface area contributed by atoms with Gasteiger partial charge in [0.2, 0.25) is 0 Å². The molecule has 0 radical (unpaired) electrons. The van der Waals surface area contributed by atoms with Gasteiger partial charge in [0.05, 0.1) is 29.3 Å². The molecule has 2 amide bonds. The third-order valence-electron chi connectivity index (χ3n) is 5.54. The van der Waals surface area contributed by atoms with Crippen molar-refractivity contribution in [1.82, 2.24) is 4.90 Å². The van der Waals surface area contributed by atoms with Crippen LogP contribution in [0.4, 0.5) is 10.1 Å². The van der Waals surface area contributed by atoms with Gasteiger partial charge in [0, 0.05) is 10.6 Å². The SMILES string of the molecule is O=C1/C(=C2/C(=O)N(Cc3ccccc3Cl)c3ccccc32)SC(=S)N1Cc1ccc(F)cc1. The lowest BCUT2D eigenvalue weighted by Crippen LogP contribution is -2.29. The Hall–Kier alpha value is -3.00. The second-order valence-corrected chi connectivity index (χ2v) is 9.64. The molecule has 5 rings (SSSR count). The van der Waals surface area contributed by atoms with Crippen molar-refractivity contribution in [2.75, 3.05) is 4.90 Å². The number of halogens is 2. The summed E-state index contributed by atoms with van der Waals surface area (Å²) in [4.78, 5) is 30.3. The highest BCUT2D eigenvalue weighted by atomic mass is 35.5. The Bertz CT molecular complexity index is 1340. The van der Waals surface area contributed by atoms with Gasteiger partial charge in [0.1, 0.15) is 10.1 Å². The summed E-state index contributed by atoms with van der Waals surface area (Å²) in [5.41, 5.74) is 3.32. The number of anilines is 1. The first-order chi connectivity index (χ1) is 15.9. The third kappa shape index (κ3) is 3.97. The second kappa shape index (κ2) is 8.74. The van der Waals surface area contributed by atoms with Gasteiger partial charge in [-0.25, -0.2) is 4.39 Å². The van der Waals surface area contributed by atoms with E-state index in [1.807, 2.05) is 42.5 Å². The monoisotopic (exact) mass is 494 g/mol. The largest absolute Gasteiger partial charge is 0.303 e. The number of benzene rings is 3. The molecule has 164 valence electrons. The first-order valence-electron chi connectivity index (χ1n) is 10.1. The molecule has 3 aromatic carbocycles. The lowest BCUT2D eigenvalue weighted by atomic mass is 10.1. The van der Waals surface area contributed by atoms with Crippen LogP contribution < -0.4 is 4.90 Å². The van der Waals surface area contributed by atoms with Crippen LogP contribution in [0.5, 0.6) is 0 Å². The minimum absolute atomic E-state index is 0.209. The Labute approximate surface area is 204 Å². The number of thiocarbonyl (C=S) groups is 1. The van der Waals surface area contributed by atoms with Gasteiger partial charge in [-0.3, -0.25) is 14.5 Å². The fourth-order valence-electron chi connectivity index (χ4n) is 3.91. The molecular weight excluding hydrogens is 479 g/mol. The Balaban J connectivity index is 1.51. The number of fused-ring (bicyclic) bond motifs is 1. The van der Waals surface area contributed by atoms with Crippen LogP contribution in [0.15, 0.2) is 77.7 Å². The molecule has 2 aliphatic rings. The number of hydrogen-bond acceptors (Lipinski definition) is 4. The lowest BCUT2D eigenvalue weighted by molar-refractivity contribution is -0.122. The first-order valence-corrected chi connectivity index (χ1v) is 11.7. The molecule has 1 saturated heterocycles. The fraction of sp³-hybridized carbons (Fsp3) is 0.0800. The maximum Gasteiger partial charge on any atom is 0.267 e. The van der Waals surface area contributed by atoms with Crippen LogP contribution in [0.1, 0.15) is 16.7 Å². The quantitative estimate of drug-likeness (QED) is 0.339. The molecule has 8 heteroatoms. The summed E-state index contributed by atoms with van der Waals surface area (Å²) in [6, 6.07) is 20.7. The van der Waals surface area contributed by atoms with Crippen molar-refractivity contribution in [3.05, 3.63) is 105 Å². The van der Waals surface area contributed by atoms with E-state index in [0.29, 0.717) is 25.4 Å². The van der Waals surface area contributed by atoms with E-state index in [2.05, 4.69) is 0 Å². The van der Waals surface area contributed by atoms with Crippen molar-refractivity contribution < 1.29 is 14.0 Å². The summed E-state index contributed by atoms with van der Waals surface area (Å²) in [7, 11) is 0. The molecular formula is C25H16ClFN2O2S2. The second-order valence-electron chi connectivity index (χ2n) is 7.59. The van der Waals surface area contributed by atoms with Crippen LogP contribution in [-0.2, 0) is 22.7 Å². The summed E-state index contributed by atoms with van der Waals surface area (Å²) >= 11 is 12.9. The number of thioether (sulfide) groups is 1. The zero-order valence-corrected chi connectivity index (χ0v) is 19.5. The predicted molar refractivity (Wildman–Crippen MR) is 133 cm³/mol. The molecule has 0 bridgehead atoms. The molecule has 0 N–H and O–H groups in total. The van der Waals surface area contributed by atoms with Gasteiger partial charge in [0.15, 0.2) is 0 Å². The van der Waals surface area contributed by atoms with E-state index in [1.54, 1.807) is 23.1 Å². The number of rotatable bonds is 4. The van der Waals surface area contributed by atoms with Crippen LogP contribution in [0.3, 0.4) is 0 Å². The maximum atomic E-state index is 13.6. The summed E-state index contributed by atoms with van der Waals surface area (Å²) in [6.45, 7) is 0.496. The van der Waals surface area contributed by atoms with Gasteiger partial charge in [-0.2, -0.15) is 0 Å². The number of carbonyl (C=O) groups excluding carboxylic acids is 2. The molecule has 0 aromatic heterocycles.